The van der Waals surface area contributed by atoms with Crippen LogP contribution < -0.4 is 0 Å². The maximum absolute atomic E-state index is 5.76. The summed E-state index contributed by atoms with van der Waals surface area (Å²) in [6, 6.07) is 19.2. The first kappa shape index (κ1) is 18.5. The van der Waals surface area contributed by atoms with Gasteiger partial charge in [0.05, 0.1) is 12.4 Å². The van der Waals surface area contributed by atoms with Crippen molar-refractivity contribution in [3.8, 4) is 5.69 Å². The SMILES string of the molecule is Cc1ccccc1-n1c(C)nn(CN(Cc2ccccc2)C(C)C)c1=S. The van der Waals surface area contributed by atoms with Gasteiger partial charge in [-0.25, -0.2) is 4.68 Å². The van der Waals surface area contributed by atoms with Gasteiger partial charge in [0, 0.05) is 12.6 Å². The Morgan fingerprint density at radius 2 is 1.65 bits per heavy atom. The van der Waals surface area contributed by atoms with Crippen LogP contribution in [0.4, 0.5) is 0 Å². The average molecular weight is 367 g/mol. The van der Waals surface area contributed by atoms with E-state index in [9.17, 15) is 0 Å². The molecular formula is C21H26N4S. The summed E-state index contributed by atoms with van der Waals surface area (Å²) >= 11 is 5.76. The lowest BCUT2D eigenvalue weighted by molar-refractivity contribution is 0.153. The fourth-order valence-electron chi connectivity index (χ4n) is 3.09. The number of rotatable bonds is 6. The zero-order valence-corrected chi connectivity index (χ0v) is 16.7. The van der Waals surface area contributed by atoms with Crippen molar-refractivity contribution in [3.63, 3.8) is 0 Å². The maximum Gasteiger partial charge on any atom is 0.203 e. The molecule has 3 rings (SSSR count). The first-order valence-electron chi connectivity index (χ1n) is 8.98. The fourth-order valence-corrected chi connectivity index (χ4v) is 3.41. The van der Waals surface area contributed by atoms with Gasteiger partial charge in [-0.15, -0.1) is 0 Å². The Labute approximate surface area is 160 Å². The van der Waals surface area contributed by atoms with Crippen LogP contribution in [0.1, 0.15) is 30.8 Å². The third-order valence-electron chi connectivity index (χ3n) is 4.63. The van der Waals surface area contributed by atoms with E-state index in [0.29, 0.717) is 12.7 Å². The van der Waals surface area contributed by atoms with Crippen LogP contribution in [0, 0.1) is 18.6 Å². The molecule has 2 aromatic carbocycles. The summed E-state index contributed by atoms with van der Waals surface area (Å²) in [5, 5.41) is 4.73. The van der Waals surface area contributed by atoms with E-state index in [4.69, 9.17) is 17.3 Å². The fraction of sp³-hybridized carbons (Fsp3) is 0.333. The van der Waals surface area contributed by atoms with Gasteiger partial charge in [-0.2, -0.15) is 5.10 Å². The summed E-state index contributed by atoms with van der Waals surface area (Å²) in [7, 11) is 0. The van der Waals surface area contributed by atoms with Crippen molar-refractivity contribution in [2.24, 2.45) is 0 Å². The maximum atomic E-state index is 5.76. The Kier molecular flexibility index (Phi) is 5.69. The van der Waals surface area contributed by atoms with Crippen LogP contribution in [0.2, 0.25) is 0 Å². The standard InChI is InChI=1S/C21H26N4S/c1-16(2)23(14-19-11-6-5-7-12-19)15-24-21(26)25(18(4)22-24)20-13-9-8-10-17(20)3/h5-13,16H,14-15H2,1-4H3. The van der Waals surface area contributed by atoms with E-state index in [0.717, 1.165) is 22.8 Å². The summed E-state index contributed by atoms with van der Waals surface area (Å²) < 4.78 is 4.72. The van der Waals surface area contributed by atoms with E-state index >= 15 is 0 Å². The van der Waals surface area contributed by atoms with E-state index in [1.807, 2.05) is 29.8 Å². The van der Waals surface area contributed by atoms with Crippen LogP contribution in [-0.4, -0.2) is 25.3 Å². The summed E-state index contributed by atoms with van der Waals surface area (Å²) in [6.45, 7) is 10.1. The number of nitrogens with zero attached hydrogens (tertiary/aromatic N) is 4. The predicted octanol–water partition coefficient (Wildman–Crippen LogP) is 4.89. The van der Waals surface area contributed by atoms with Crippen molar-refractivity contribution in [1.82, 2.24) is 19.2 Å². The number of aromatic nitrogens is 3. The first-order chi connectivity index (χ1) is 12.5. The molecule has 26 heavy (non-hydrogen) atoms. The monoisotopic (exact) mass is 366 g/mol. The zero-order valence-electron chi connectivity index (χ0n) is 15.9. The Balaban J connectivity index is 1.91. The van der Waals surface area contributed by atoms with Gasteiger partial charge >= 0.3 is 0 Å². The highest BCUT2D eigenvalue weighted by atomic mass is 32.1. The van der Waals surface area contributed by atoms with Crippen LogP contribution in [0.3, 0.4) is 0 Å². The van der Waals surface area contributed by atoms with Crippen molar-refractivity contribution in [2.45, 2.75) is 47.0 Å². The largest absolute Gasteiger partial charge is 0.278 e. The molecule has 0 saturated carbocycles. The minimum absolute atomic E-state index is 0.390. The van der Waals surface area contributed by atoms with Crippen LogP contribution in [0.5, 0.6) is 0 Å². The first-order valence-corrected chi connectivity index (χ1v) is 9.38. The smallest absolute Gasteiger partial charge is 0.203 e. The second-order valence-corrected chi connectivity index (χ2v) is 7.28. The molecule has 0 aliphatic heterocycles. The highest BCUT2D eigenvalue weighted by molar-refractivity contribution is 7.71. The highest BCUT2D eigenvalue weighted by Gasteiger charge is 2.15. The van der Waals surface area contributed by atoms with Crippen molar-refractivity contribution >= 4 is 12.2 Å². The third-order valence-corrected chi connectivity index (χ3v) is 5.03. The normalized spacial score (nSPS) is 11.5. The molecule has 136 valence electrons. The van der Waals surface area contributed by atoms with Gasteiger partial charge in [-0.3, -0.25) is 9.47 Å². The number of benzene rings is 2. The predicted molar refractivity (Wildman–Crippen MR) is 109 cm³/mol. The van der Waals surface area contributed by atoms with Crippen LogP contribution in [0.25, 0.3) is 5.69 Å². The summed E-state index contributed by atoms with van der Waals surface area (Å²) in [5.74, 6) is 0.910. The lowest BCUT2D eigenvalue weighted by Gasteiger charge is -2.26. The molecule has 5 heteroatoms. The molecule has 0 saturated heterocycles. The lowest BCUT2D eigenvalue weighted by Crippen LogP contribution is -2.33. The Morgan fingerprint density at radius 3 is 2.31 bits per heavy atom. The summed E-state index contributed by atoms with van der Waals surface area (Å²) in [4.78, 5) is 2.37. The molecule has 0 spiro atoms. The average Bonchev–Trinajstić information content (AvgIpc) is 2.89. The molecule has 0 aliphatic carbocycles. The van der Waals surface area contributed by atoms with E-state index in [2.05, 4.69) is 66.6 Å². The number of aryl methyl sites for hydroxylation is 2. The van der Waals surface area contributed by atoms with Gasteiger partial charge in [0.1, 0.15) is 5.82 Å². The molecule has 3 aromatic rings. The molecule has 0 atom stereocenters. The number of hydrogen-bond acceptors (Lipinski definition) is 3. The lowest BCUT2D eigenvalue weighted by atomic mass is 10.2. The van der Waals surface area contributed by atoms with Gasteiger partial charge in [-0.1, -0.05) is 48.5 Å². The molecule has 0 amide bonds. The zero-order chi connectivity index (χ0) is 18.7. The highest BCUT2D eigenvalue weighted by Crippen LogP contribution is 2.17. The molecule has 0 radical (unpaired) electrons. The quantitative estimate of drug-likeness (QED) is 0.581. The van der Waals surface area contributed by atoms with Crippen molar-refractivity contribution in [1.29, 1.82) is 0 Å². The summed E-state index contributed by atoms with van der Waals surface area (Å²) in [6.07, 6.45) is 0. The minimum Gasteiger partial charge on any atom is -0.278 e. The van der Waals surface area contributed by atoms with Crippen LogP contribution in [-0.2, 0) is 13.2 Å². The van der Waals surface area contributed by atoms with Gasteiger partial charge in [0.2, 0.25) is 4.77 Å². The van der Waals surface area contributed by atoms with Gasteiger partial charge in [-0.05, 0) is 57.1 Å². The molecular weight excluding hydrogens is 340 g/mol. The molecule has 0 N–H and O–H groups in total. The Bertz CT molecular complexity index is 925. The van der Waals surface area contributed by atoms with E-state index < -0.39 is 0 Å². The van der Waals surface area contributed by atoms with Crippen LogP contribution >= 0.6 is 12.2 Å². The second kappa shape index (κ2) is 7.98. The molecule has 0 bridgehead atoms. The number of para-hydroxylation sites is 1. The molecule has 0 aliphatic rings. The van der Waals surface area contributed by atoms with Gasteiger partial charge in [0.15, 0.2) is 0 Å². The van der Waals surface area contributed by atoms with Gasteiger partial charge < -0.3 is 0 Å². The van der Waals surface area contributed by atoms with Crippen LogP contribution in [0.15, 0.2) is 54.6 Å². The van der Waals surface area contributed by atoms with E-state index in [-0.39, 0.29) is 0 Å². The van der Waals surface area contributed by atoms with Crippen molar-refractivity contribution in [3.05, 3.63) is 76.3 Å². The molecule has 0 unspecified atom stereocenters. The number of hydrogen-bond donors (Lipinski definition) is 0. The Hall–Kier alpha value is -2.24. The van der Waals surface area contributed by atoms with E-state index in [1.54, 1.807) is 0 Å². The Morgan fingerprint density at radius 1 is 1.00 bits per heavy atom. The topological polar surface area (TPSA) is 26.0 Å². The molecule has 1 aromatic heterocycles. The van der Waals surface area contributed by atoms with Gasteiger partial charge in [0.25, 0.3) is 0 Å². The third kappa shape index (κ3) is 3.94. The minimum atomic E-state index is 0.390. The van der Waals surface area contributed by atoms with E-state index in [1.165, 1.54) is 11.1 Å². The summed E-state index contributed by atoms with van der Waals surface area (Å²) in [5.41, 5.74) is 3.58. The second-order valence-electron chi connectivity index (χ2n) is 6.92. The van der Waals surface area contributed by atoms with Crippen molar-refractivity contribution in [2.75, 3.05) is 0 Å². The molecule has 1 heterocycles. The van der Waals surface area contributed by atoms with Crippen molar-refractivity contribution < 1.29 is 0 Å². The molecule has 4 nitrogen and oxygen atoms in total. The molecule has 0 fully saturated rings.